The van der Waals surface area contributed by atoms with Crippen molar-refractivity contribution in [3.8, 4) is 0 Å². The first-order valence-corrected chi connectivity index (χ1v) is 5.77. The van der Waals surface area contributed by atoms with Gasteiger partial charge in [-0.1, -0.05) is 6.07 Å². The van der Waals surface area contributed by atoms with E-state index in [2.05, 4.69) is 32.1 Å². The molecule has 2 rings (SSSR count). The molecule has 1 aliphatic heterocycles. The Bertz CT molecular complexity index is 380. The van der Waals surface area contributed by atoms with E-state index < -0.39 is 0 Å². The van der Waals surface area contributed by atoms with Crippen LogP contribution < -0.4 is 10.6 Å². The summed E-state index contributed by atoms with van der Waals surface area (Å²) in [7, 11) is 0. The molecule has 0 aromatic carbocycles. The molecular weight excluding hydrogens is 208 g/mol. The zero-order valence-corrected chi connectivity index (χ0v) is 9.64. The summed E-state index contributed by atoms with van der Waals surface area (Å²) in [5.41, 5.74) is 0. The standard InChI is InChI=1S/C10H14N4S/c1-7-12-8(2)14-10(13-7)11-6-9-4-3-5-15-9/h3-5,7H,6H2,1-2H3,(H2,11,12,13,14). The van der Waals surface area contributed by atoms with Crippen LogP contribution in [0, 0.1) is 0 Å². The first-order valence-electron chi connectivity index (χ1n) is 4.89. The second-order valence-corrected chi connectivity index (χ2v) is 4.41. The Morgan fingerprint density at radius 2 is 2.40 bits per heavy atom. The minimum Gasteiger partial charge on any atom is -0.351 e. The molecule has 0 spiro atoms. The lowest BCUT2D eigenvalue weighted by atomic mass is 10.4. The van der Waals surface area contributed by atoms with Gasteiger partial charge >= 0.3 is 0 Å². The predicted octanol–water partition coefficient (Wildman–Crippen LogP) is 1.56. The fraction of sp³-hybridized carbons (Fsp3) is 0.400. The smallest absolute Gasteiger partial charge is 0.199 e. The lowest BCUT2D eigenvalue weighted by molar-refractivity contribution is 0.742. The number of nitrogens with zero attached hydrogens (tertiary/aromatic N) is 2. The van der Waals surface area contributed by atoms with Gasteiger partial charge in [0.05, 0.1) is 6.54 Å². The van der Waals surface area contributed by atoms with E-state index in [1.807, 2.05) is 19.9 Å². The van der Waals surface area contributed by atoms with Crippen molar-refractivity contribution in [3.63, 3.8) is 0 Å². The summed E-state index contributed by atoms with van der Waals surface area (Å²) in [4.78, 5) is 9.90. The zero-order valence-electron chi connectivity index (χ0n) is 8.82. The second kappa shape index (κ2) is 4.44. The highest BCUT2D eigenvalue weighted by molar-refractivity contribution is 7.09. The van der Waals surface area contributed by atoms with Gasteiger partial charge in [-0.3, -0.25) is 0 Å². The van der Waals surface area contributed by atoms with Crippen molar-refractivity contribution < 1.29 is 0 Å². The highest BCUT2D eigenvalue weighted by Gasteiger charge is 2.09. The summed E-state index contributed by atoms with van der Waals surface area (Å²) >= 11 is 1.74. The first-order chi connectivity index (χ1) is 7.24. The molecule has 0 saturated heterocycles. The van der Waals surface area contributed by atoms with Crippen LogP contribution in [0.1, 0.15) is 18.7 Å². The molecule has 1 aromatic heterocycles. The van der Waals surface area contributed by atoms with E-state index in [9.17, 15) is 0 Å². The van der Waals surface area contributed by atoms with E-state index >= 15 is 0 Å². The Hall–Kier alpha value is -1.36. The fourth-order valence-electron chi connectivity index (χ4n) is 1.41. The van der Waals surface area contributed by atoms with E-state index in [1.54, 1.807) is 11.3 Å². The average Bonchev–Trinajstić information content (AvgIpc) is 2.65. The van der Waals surface area contributed by atoms with Gasteiger partial charge in [0.15, 0.2) is 5.96 Å². The van der Waals surface area contributed by atoms with E-state index in [-0.39, 0.29) is 6.17 Å². The number of nitrogens with one attached hydrogen (secondary N) is 2. The fourth-order valence-corrected chi connectivity index (χ4v) is 2.05. The van der Waals surface area contributed by atoms with Gasteiger partial charge in [-0.15, -0.1) is 11.3 Å². The molecule has 2 N–H and O–H groups in total. The Labute approximate surface area is 93.1 Å². The van der Waals surface area contributed by atoms with Crippen LogP contribution in [-0.2, 0) is 6.54 Å². The molecule has 1 unspecified atom stereocenters. The molecule has 2 heterocycles. The highest BCUT2D eigenvalue weighted by atomic mass is 32.1. The van der Waals surface area contributed by atoms with Crippen LogP contribution in [-0.4, -0.2) is 18.0 Å². The maximum Gasteiger partial charge on any atom is 0.199 e. The number of guanidine groups is 1. The van der Waals surface area contributed by atoms with Crippen LogP contribution in [0.2, 0.25) is 0 Å². The third-order valence-corrected chi connectivity index (χ3v) is 2.88. The van der Waals surface area contributed by atoms with Crippen LogP contribution in [0.5, 0.6) is 0 Å². The zero-order chi connectivity index (χ0) is 10.7. The maximum absolute atomic E-state index is 4.34. The Kier molecular flexibility index (Phi) is 3.01. The van der Waals surface area contributed by atoms with Crippen molar-refractivity contribution in [2.75, 3.05) is 0 Å². The summed E-state index contributed by atoms with van der Waals surface area (Å²) in [6, 6.07) is 4.15. The highest BCUT2D eigenvalue weighted by Crippen LogP contribution is 2.07. The molecule has 0 fully saturated rings. The number of amidine groups is 1. The number of hydrogen-bond acceptors (Lipinski definition) is 5. The molecule has 1 aliphatic rings. The number of rotatable bonds is 2. The molecule has 5 heteroatoms. The summed E-state index contributed by atoms with van der Waals surface area (Å²) in [6.45, 7) is 4.72. The Morgan fingerprint density at radius 3 is 3.07 bits per heavy atom. The molecule has 0 saturated carbocycles. The lowest BCUT2D eigenvalue weighted by Crippen LogP contribution is -2.43. The minimum atomic E-state index is 0.0112. The molecule has 1 atom stereocenters. The third-order valence-electron chi connectivity index (χ3n) is 2.01. The topological polar surface area (TPSA) is 48.8 Å². The van der Waals surface area contributed by atoms with Crippen LogP contribution >= 0.6 is 11.3 Å². The first kappa shape index (κ1) is 10.2. The normalized spacial score (nSPS) is 20.3. The molecule has 15 heavy (non-hydrogen) atoms. The Morgan fingerprint density at radius 1 is 1.53 bits per heavy atom. The van der Waals surface area contributed by atoms with Crippen molar-refractivity contribution >= 4 is 23.1 Å². The van der Waals surface area contributed by atoms with Gasteiger partial charge in [-0.25, -0.2) is 9.98 Å². The minimum absolute atomic E-state index is 0.0112. The molecular formula is C10H14N4S. The van der Waals surface area contributed by atoms with Crippen molar-refractivity contribution in [2.45, 2.75) is 26.6 Å². The van der Waals surface area contributed by atoms with Crippen molar-refractivity contribution in [1.82, 2.24) is 10.6 Å². The van der Waals surface area contributed by atoms with Gasteiger partial charge in [0.1, 0.15) is 12.0 Å². The van der Waals surface area contributed by atoms with E-state index in [0.717, 1.165) is 18.3 Å². The predicted molar refractivity (Wildman–Crippen MR) is 64.3 cm³/mol. The summed E-state index contributed by atoms with van der Waals surface area (Å²) < 4.78 is 0. The SMILES string of the molecule is CC1=NC(C)N=C(NCc2cccs2)N1. The summed E-state index contributed by atoms with van der Waals surface area (Å²) in [6.07, 6.45) is 0.0112. The molecule has 80 valence electrons. The number of aliphatic imine (C=N–C) groups is 2. The van der Waals surface area contributed by atoms with Crippen LogP contribution in [0.15, 0.2) is 27.5 Å². The van der Waals surface area contributed by atoms with Gasteiger partial charge in [0.25, 0.3) is 0 Å². The van der Waals surface area contributed by atoms with Gasteiger partial charge in [-0.05, 0) is 25.3 Å². The second-order valence-electron chi connectivity index (χ2n) is 3.38. The summed E-state index contributed by atoms with van der Waals surface area (Å²) in [5.74, 6) is 1.72. The molecule has 0 amide bonds. The van der Waals surface area contributed by atoms with E-state index in [1.165, 1.54) is 4.88 Å². The third kappa shape index (κ3) is 2.79. The van der Waals surface area contributed by atoms with Gasteiger partial charge in [0.2, 0.25) is 0 Å². The van der Waals surface area contributed by atoms with Gasteiger partial charge in [0, 0.05) is 4.88 Å². The number of thiophene rings is 1. The van der Waals surface area contributed by atoms with Gasteiger partial charge in [-0.2, -0.15) is 0 Å². The molecule has 4 nitrogen and oxygen atoms in total. The average molecular weight is 222 g/mol. The van der Waals surface area contributed by atoms with Gasteiger partial charge < -0.3 is 10.6 Å². The van der Waals surface area contributed by atoms with Crippen LogP contribution in [0.4, 0.5) is 0 Å². The van der Waals surface area contributed by atoms with Crippen LogP contribution in [0.25, 0.3) is 0 Å². The molecule has 0 radical (unpaired) electrons. The number of hydrogen-bond donors (Lipinski definition) is 2. The maximum atomic E-state index is 4.34. The quantitative estimate of drug-likeness (QED) is 0.798. The van der Waals surface area contributed by atoms with E-state index in [0.29, 0.717) is 0 Å². The Balaban J connectivity index is 1.90. The van der Waals surface area contributed by atoms with Crippen molar-refractivity contribution in [2.24, 2.45) is 9.98 Å². The lowest BCUT2D eigenvalue weighted by Gasteiger charge is -2.17. The van der Waals surface area contributed by atoms with E-state index in [4.69, 9.17) is 0 Å². The monoisotopic (exact) mass is 222 g/mol. The molecule has 0 bridgehead atoms. The van der Waals surface area contributed by atoms with Crippen molar-refractivity contribution in [3.05, 3.63) is 22.4 Å². The van der Waals surface area contributed by atoms with Crippen LogP contribution in [0.3, 0.4) is 0 Å². The molecule has 1 aromatic rings. The molecule has 0 aliphatic carbocycles. The summed E-state index contributed by atoms with van der Waals surface area (Å²) in [5, 5.41) is 8.43. The largest absolute Gasteiger partial charge is 0.351 e. The van der Waals surface area contributed by atoms with Crippen molar-refractivity contribution in [1.29, 1.82) is 0 Å².